The average Bonchev–Trinajstić information content (AvgIpc) is 2.65. The maximum absolute atomic E-state index is 13.7. The first-order chi connectivity index (χ1) is 14.2. The molecule has 2 aromatic rings. The second-order valence-corrected chi connectivity index (χ2v) is 13.8. The third kappa shape index (κ3) is 5.96. The molecule has 0 unspecified atom stereocenters. The molecule has 0 spiro atoms. The van der Waals surface area contributed by atoms with E-state index in [1.54, 1.807) is 13.0 Å². The summed E-state index contributed by atoms with van der Waals surface area (Å²) in [6, 6.07) is 10.2. The molecule has 0 fully saturated rings. The number of carbonyl (C=O) groups is 1. The van der Waals surface area contributed by atoms with Gasteiger partial charge in [0.15, 0.2) is 8.32 Å². The van der Waals surface area contributed by atoms with Crippen molar-refractivity contribution < 1.29 is 22.4 Å². The Hall–Kier alpha value is -2.63. The van der Waals surface area contributed by atoms with Crippen molar-refractivity contribution in [2.45, 2.75) is 58.6 Å². The van der Waals surface area contributed by atoms with Crippen molar-refractivity contribution in [2.75, 3.05) is 5.32 Å². The first-order valence-electron chi connectivity index (χ1n) is 9.82. The van der Waals surface area contributed by atoms with Gasteiger partial charge in [-0.05, 0) is 66.5 Å². The van der Waals surface area contributed by atoms with E-state index in [1.165, 1.54) is 24.3 Å². The van der Waals surface area contributed by atoms with Gasteiger partial charge in [-0.3, -0.25) is 4.79 Å². The van der Waals surface area contributed by atoms with Gasteiger partial charge in [0.05, 0.1) is 23.8 Å². The van der Waals surface area contributed by atoms with Crippen LogP contribution in [0, 0.1) is 18.3 Å². The highest BCUT2D eigenvalue weighted by atomic mass is 28.4. The SMILES string of the molecule is Cc1cc(C#N)ccc1C(=O)Nc1ccc(CO[Si](C)(C)C(C)(C)C)c(C(F)(F)F)c1. The molecular weight excluding hydrogens is 421 g/mol. The summed E-state index contributed by atoms with van der Waals surface area (Å²) in [5.41, 5.74) is 0.493. The van der Waals surface area contributed by atoms with Crippen molar-refractivity contribution in [1.29, 1.82) is 5.26 Å². The minimum absolute atomic E-state index is 0.0323. The standard InChI is InChI=1S/C23H27F3N2O2Si/c1-15-11-16(13-27)7-10-19(15)21(29)28-18-9-8-17(20(12-18)23(24,25)26)14-30-31(5,6)22(2,3)4/h7-12H,14H2,1-6H3,(H,28,29). The highest BCUT2D eigenvalue weighted by Gasteiger charge is 2.39. The zero-order valence-corrected chi connectivity index (χ0v) is 19.6. The maximum Gasteiger partial charge on any atom is 0.416 e. The highest BCUT2D eigenvalue weighted by Crippen LogP contribution is 2.39. The minimum atomic E-state index is -4.59. The molecule has 1 N–H and O–H groups in total. The van der Waals surface area contributed by atoms with Crippen LogP contribution in [0.4, 0.5) is 18.9 Å². The van der Waals surface area contributed by atoms with E-state index < -0.39 is 26.0 Å². The molecule has 0 radical (unpaired) electrons. The van der Waals surface area contributed by atoms with Crippen LogP contribution >= 0.6 is 0 Å². The first-order valence-corrected chi connectivity index (χ1v) is 12.7. The van der Waals surface area contributed by atoms with E-state index in [4.69, 9.17) is 9.69 Å². The fraction of sp³-hybridized carbons (Fsp3) is 0.391. The van der Waals surface area contributed by atoms with Gasteiger partial charge in [0, 0.05) is 11.3 Å². The molecule has 0 bridgehead atoms. The molecule has 0 aliphatic carbocycles. The Morgan fingerprint density at radius 1 is 1.13 bits per heavy atom. The van der Waals surface area contributed by atoms with Crippen LogP contribution in [-0.4, -0.2) is 14.2 Å². The van der Waals surface area contributed by atoms with Gasteiger partial charge in [-0.2, -0.15) is 18.4 Å². The summed E-state index contributed by atoms with van der Waals surface area (Å²) in [6.45, 7) is 11.5. The van der Waals surface area contributed by atoms with Crippen LogP contribution in [0.1, 0.15) is 53.4 Å². The first kappa shape index (κ1) is 24.6. The lowest BCUT2D eigenvalue weighted by atomic mass is 10.0. The lowest BCUT2D eigenvalue weighted by Gasteiger charge is -2.36. The Balaban J connectivity index is 2.29. The third-order valence-corrected chi connectivity index (χ3v) is 10.1. The second-order valence-electron chi connectivity index (χ2n) is 9.01. The molecule has 166 valence electrons. The number of nitrogens with zero attached hydrogens (tertiary/aromatic N) is 1. The summed E-state index contributed by atoms with van der Waals surface area (Å²) in [5.74, 6) is -0.541. The van der Waals surface area contributed by atoms with Crippen LogP contribution in [0.2, 0.25) is 18.1 Å². The van der Waals surface area contributed by atoms with Gasteiger partial charge >= 0.3 is 6.18 Å². The number of nitrogens with one attached hydrogen (secondary N) is 1. The molecule has 2 aromatic carbocycles. The molecule has 2 rings (SSSR count). The van der Waals surface area contributed by atoms with Crippen LogP contribution in [0.25, 0.3) is 0 Å². The minimum Gasteiger partial charge on any atom is -0.413 e. The molecule has 8 heteroatoms. The zero-order valence-electron chi connectivity index (χ0n) is 18.6. The summed E-state index contributed by atoms with van der Waals surface area (Å²) in [4.78, 5) is 12.6. The summed E-state index contributed by atoms with van der Waals surface area (Å²) >= 11 is 0. The summed E-state index contributed by atoms with van der Waals surface area (Å²) in [5, 5.41) is 11.3. The largest absolute Gasteiger partial charge is 0.416 e. The fourth-order valence-electron chi connectivity index (χ4n) is 2.71. The van der Waals surface area contributed by atoms with Gasteiger partial charge in [-0.25, -0.2) is 0 Å². The molecule has 31 heavy (non-hydrogen) atoms. The Kier molecular flexibility index (Phi) is 7.03. The van der Waals surface area contributed by atoms with Crippen LogP contribution < -0.4 is 5.32 Å². The molecule has 0 saturated heterocycles. The molecule has 0 aliphatic heterocycles. The molecule has 0 aromatic heterocycles. The van der Waals surface area contributed by atoms with Gasteiger partial charge < -0.3 is 9.74 Å². The van der Waals surface area contributed by atoms with E-state index in [-0.39, 0.29) is 28.5 Å². The van der Waals surface area contributed by atoms with Crippen molar-refractivity contribution in [3.8, 4) is 6.07 Å². The number of alkyl halides is 3. The van der Waals surface area contributed by atoms with Gasteiger partial charge in [-0.1, -0.05) is 26.8 Å². The molecule has 0 saturated carbocycles. The number of rotatable bonds is 5. The van der Waals surface area contributed by atoms with Gasteiger partial charge in [0.2, 0.25) is 0 Å². The maximum atomic E-state index is 13.7. The summed E-state index contributed by atoms with van der Waals surface area (Å²) in [7, 11) is -2.23. The van der Waals surface area contributed by atoms with Crippen molar-refractivity contribution in [2.24, 2.45) is 0 Å². The van der Waals surface area contributed by atoms with Crippen LogP contribution in [0.3, 0.4) is 0 Å². The molecular formula is C23H27F3N2O2Si. The number of anilines is 1. The Labute approximate surface area is 182 Å². The molecule has 4 nitrogen and oxygen atoms in total. The van der Waals surface area contributed by atoms with Gasteiger partial charge in [0.1, 0.15) is 0 Å². The average molecular weight is 449 g/mol. The lowest BCUT2D eigenvalue weighted by Crippen LogP contribution is -2.40. The normalized spacial score (nSPS) is 12.4. The lowest BCUT2D eigenvalue weighted by molar-refractivity contribution is -0.138. The van der Waals surface area contributed by atoms with E-state index in [0.717, 1.165) is 6.07 Å². The van der Waals surface area contributed by atoms with E-state index in [1.807, 2.05) is 39.9 Å². The van der Waals surface area contributed by atoms with Crippen LogP contribution in [0.5, 0.6) is 0 Å². The van der Waals surface area contributed by atoms with E-state index in [0.29, 0.717) is 11.1 Å². The molecule has 0 aliphatic rings. The van der Waals surface area contributed by atoms with E-state index >= 15 is 0 Å². The van der Waals surface area contributed by atoms with Gasteiger partial charge in [0.25, 0.3) is 5.91 Å². The highest BCUT2D eigenvalue weighted by molar-refractivity contribution is 6.74. The second kappa shape index (κ2) is 8.85. The molecule has 0 heterocycles. The predicted octanol–water partition coefficient (Wildman–Crippen LogP) is 6.66. The van der Waals surface area contributed by atoms with Crippen LogP contribution in [-0.2, 0) is 17.2 Å². The quantitative estimate of drug-likeness (QED) is 0.520. The monoisotopic (exact) mass is 448 g/mol. The number of hydrogen-bond acceptors (Lipinski definition) is 3. The number of aryl methyl sites for hydroxylation is 1. The smallest absolute Gasteiger partial charge is 0.413 e. The number of amides is 1. The van der Waals surface area contributed by atoms with Gasteiger partial charge in [-0.15, -0.1) is 0 Å². The number of halogens is 3. The number of nitriles is 1. The number of carbonyl (C=O) groups excluding carboxylic acids is 1. The van der Waals surface area contributed by atoms with E-state index in [9.17, 15) is 18.0 Å². The third-order valence-electron chi connectivity index (χ3n) is 5.67. The van der Waals surface area contributed by atoms with E-state index in [2.05, 4.69) is 5.32 Å². The molecule has 1 amide bonds. The van der Waals surface area contributed by atoms with Crippen molar-refractivity contribution >= 4 is 19.9 Å². The summed E-state index contributed by atoms with van der Waals surface area (Å²) in [6.07, 6.45) is -4.59. The van der Waals surface area contributed by atoms with Crippen molar-refractivity contribution in [3.63, 3.8) is 0 Å². The Bertz CT molecular complexity index is 1020. The zero-order chi connectivity index (χ0) is 23.6. The topological polar surface area (TPSA) is 62.1 Å². The fourth-order valence-corrected chi connectivity index (χ4v) is 3.65. The Morgan fingerprint density at radius 2 is 1.77 bits per heavy atom. The Morgan fingerprint density at radius 3 is 2.29 bits per heavy atom. The van der Waals surface area contributed by atoms with Crippen molar-refractivity contribution in [3.05, 3.63) is 64.2 Å². The summed E-state index contributed by atoms with van der Waals surface area (Å²) < 4.78 is 47.1. The number of benzene rings is 2. The van der Waals surface area contributed by atoms with Crippen LogP contribution in [0.15, 0.2) is 36.4 Å². The predicted molar refractivity (Wildman–Crippen MR) is 117 cm³/mol. The number of hydrogen-bond donors (Lipinski definition) is 1. The molecule has 0 atom stereocenters. The van der Waals surface area contributed by atoms with Crippen molar-refractivity contribution in [1.82, 2.24) is 0 Å².